The van der Waals surface area contributed by atoms with Crippen molar-refractivity contribution in [2.24, 2.45) is 5.73 Å². The maximum Gasteiger partial charge on any atom is 0.149 e. The maximum atomic E-state index is 11.2. The monoisotopic (exact) mass is 157 g/mol. The van der Waals surface area contributed by atoms with Crippen LogP contribution in [0.4, 0.5) is 0 Å². The Balaban J connectivity index is 3.47. The van der Waals surface area contributed by atoms with E-state index in [0.717, 1.165) is 25.7 Å². The first-order valence-electron chi connectivity index (χ1n) is 4.50. The van der Waals surface area contributed by atoms with Crippen molar-refractivity contribution >= 4 is 5.78 Å². The van der Waals surface area contributed by atoms with Crippen molar-refractivity contribution in [3.05, 3.63) is 0 Å². The topological polar surface area (TPSA) is 43.1 Å². The number of carbonyl (C=O) groups excluding carboxylic acids is 1. The van der Waals surface area contributed by atoms with Crippen LogP contribution < -0.4 is 5.73 Å². The fraction of sp³-hybridized carbons (Fsp3) is 0.889. The van der Waals surface area contributed by atoms with E-state index in [-0.39, 0.29) is 11.8 Å². The minimum atomic E-state index is -0.202. The average molecular weight is 157 g/mol. The van der Waals surface area contributed by atoms with E-state index in [4.69, 9.17) is 5.73 Å². The van der Waals surface area contributed by atoms with Gasteiger partial charge >= 0.3 is 0 Å². The van der Waals surface area contributed by atoms with Crippen molar-refractivity contribution in [1.29, 1.82) is 0 Å². The number of ketones is 1. The summed E-state index contributed by atoms with van der Waals surface area (Å²) < 4.78 is 0. The molecule has 0 spiro atoms. The van der Waals surface area contributed by atoms with Crippen molar-refractivity contribution in [2.75, 3.05) is 0 Å². The van der Waals surface area contributed by atoms with Crippen LogP contribution in [0.1, 0.15) is 46.0 Å². The van der Waals surface area contributed by atoms with Crippen LogP contribution in [0.2, 0.25) is 0 Å². The summed E-state index contributed by atoms with van der Waals surface area (Å²) in [7, 11) is 0. The second kappa shape index (κ2) is 6.35. The van der Waals surface area contributed by atoms with Crippen LogP contribution >= 0.6 is 0 Å². The van der Waals surface area contributed by atoms with Gasteiger partial charge in [-0.15, -0.1) is 0 Å². The van der Waals surface area contributed by atoms with Gasteiger partial charge in [0.1, 0.15) is 5.78 Å². The Morgan fingerprint density at radius 3 is 2.45 bits per heavy atom. The van der Waals surface area contributed by atoms with E-state index in [9.17, 15) is 4.79 Å². The molecule has 2 N–H and O–H groups in total. The Labute approximate surface area is 69.2 Å². The summed E-state index contributed by atoms with van der Waals surface area (Å²) in [6.45, 7) is 4.13. The largest absolute Gasteiger partial charge is 0.322 e. The van der Waals surface area contributed by atoms with E-state index in [1.807, 2.05) is 6.92 Å². The molecule has 0 amide bonds. The van der Waals surface area contributed by atoms with Gasteiger partial charge in [0.15, 0.2) is 0 Å². The highest BCUT2D eigenvalue weighted by Crippen LogP contribution is 2.01. The lowest BCUT2D eigenvalue weighted by Crippen LogP contribution is -2.29. The van der Waals surface area contributed by atoms with Crippen LogP contribution in [0.3, 0.4) is 0 Å². The summed E-state index contributed by atoms with van der Waals surface area (Å²) in [5.41, 5.74) is 5.62. The predicted molar refractivity (Wildman–Crippen MR) is 47.4 cm³/mol. The SMILES string of the molecule is CCCCC(=O)[C@@H](N)CCC. The predicted octanol–water partition coefficient (Wildman–Crippen LogP) is 1.87. The molecule has 0 aromatic heterocycles. The van der Waals surface area contributed by atoms with Gasteiger partial charge in [-0.1, -0.05) is 26.7 Å². The van der Waals surface area contributed by atoms with Crippen LogP contribution in [-0.4, -0.2) is 11.8 Å². The highest BCUT2D eigenvalue weighted by atomic mass is 16.1. The second-order valence-electron chi connectivity index (χ2n) is 2.97. The lowest BCUT2D eigenvalue weighted by Gasteiger charge is -2.07. The van der Waals surface area contributed by atoms with Crippen molar-refractivity contribution in [2.45, 2.75) is 52.0 Å². The van der Waals surface area contributed by atoms with Crippen LogP contribution in [0.15, 0.2) is 0 Å². The van der Waals surface area contributed by atoms with Gasteiger partial charge in [0.25, 0.3) is 0 Å². The summed E-state index contributed by atoms with van der Waals surface area (Å²) in [6, 6.07) is -0.202. The molecule has 0 unspecified atom stereocenters. The summed E-state index contributed by atoms with van der Waals surface area (Å²) >= 11 is 0. The first-order valence-corrected chi connectivity index (χ1v) is 4.50. The number of hydrogen-bond donors (Lipinski definition) is 1. The fourth-order valence-corrected chi connectivity index (χ4v) is 1.01. The first kappa shape index (κ1) is 10.6. The Hall–Kier alpha value is -0.370. The Bertz CT molecular complexity index is 112. The van der Waals surface area contributed by atoms with Gasteiger partial charge in [-0.05, 0) is 12.8 Å². The van der Waals surface area contributed by atoms with E-state index >= 15 is 0 Å². The molecule has 0 saturated heterocycles. The van der Waals surface area contributed by atoms with E-state index in [0.29, 0.717) is 6.42 Å². The molecule has 0 rings (SSSR count). The number of carbonyl (C=O) groups is 1. The zero-order valence-corrected chi connectivity index (χ0v) is 7.60. The van der Waals surface area contributed by atoms with E-state index < -0.39 is 0 Å². The molecule has 2 heteroatoms. The highest BCUT2D eigenvalue weighted by molar-refractivity contribution is 5.83. The van der Waals surface area contributed by atoms with Crippen LogP contribution in [-0.2, 0) is 4.79 Å². The second-order valence-corrected chi connectivity index (χ2v) is 2.97. The third-order valence-corrected chi connectivity index (χ3v) is 1.79. The normalized spacial score (nSPS) is 13.0. The molecule has 0 heterocycles. The molecule has 0 aliphatic rings. The van der Waals surface area contributed by atoms with Gasteiger partial charge in [-0.25, -0.2) is 0 Å². The van der Waals surface area contributed by atoms with E-state index in [1.54, 1.807) is 0 Å². The molecule has 0 saturated carbocycles. The molecule has 66 valence electrons. The molecule has 0 aliphatic heterocycles. The van der Waals surface area contributed by atoms with Crippen LogP contribution in [0, 0.1) is 0 Å². The van der Waals surface area contributed by atoms with E-state index in [1.165, 1.54) is 0 Å². The summed E-state index contributed by atoms with van der Waals surface area (Å²) in [5.74, 6) is 0.230. The fourth-order valence-electron chi connectivity index (χ4n) is 1.01. The summed E-state index contributed by atoms with van der Waals surface area (Å²) in [6.07, 6.45) is 4.56. The molecular formula is C9H19NO. The van der Waals surface area contributed by atoms with Crippen LogP contribution in [0.5, 0.6) is 0 Å². The summed E-state index contributed by atoms with van der Waals surface area (Å²) in [4.78, 5) is 11.2. The number of hydrogen-bond acceptors (Lipinski definition) is 2. The zero-order chi connectivity index (χ0) is 8.69. The Kier molecular flexibility index (Phi) is 6.13. The third-order valence-electron chi connectivity index (χ3n) is 1.79. The van der Waals surface area contributed by atoms with E-state index in [2.05, 4.69) is 6.92 Å². The molecule has 11 heavy (non-hydrogen) atoms. The molecule has 0 radical (unpaired) electrons. The quantitative estimate of drug-likeness (QED) is 0.639. The van der Waals surface area contributed by atoms with Crippen molar-refractivity contribution in [1.82, 2.24) is 0 Å². The molecule has 1 atom stereocenters. The number of Topliss-reactive ketones (excluding diaryl/α,β-unsaturated/α-hetero) is 1. The third kappa shape index (κ3) is 4.96. The minimum Gasteiger partial charge on any atom is -0.322 e. The van der Waals surface area contributed by atoms with Gasteiger partial charge < -0.3 is 5.73 Å². The summed E-state index contributed by atoms with van der Waals surface area (Å²) in [5, 5.41) is 0. The molecule has 0 fully saturated rings. The van der Waals surface area contributed by atoms with Gasteiger partial charge in [0.2, 0.25) is 0 Å². The first-order chi connectivity index (χ1) is 5.22. The number of rotatable bonds is 6. The van der Waals surface area contributed by atoms with Crippen molar-refractivity contribution < 1.29 is 4.79 Å². The Morgan fingerprint density at radius 1 is 1.36 bits per heavy atom. The van der Waals surface area contributed by atoms with Gasteiger partial charge in [0, 0.05) is 6.42 Å². The highest BCUT2D eigenvalue weighted by Gasteiger charge is 2.10. The van der Waals surface area contributed by atoms with Crippen molar-refractivity contribution in [3.63, 3.8) is 0 Å². The number of nitrogens with two attached hydrogens (primary N) is 1. The molecule has 0 aromatic carbocycles. The Morgan fingerprint density at radius 2 is 2.00 bits per heavy atom. The zero-order valence-electron chi connectivity index (χ0n) is 7.60. The number of unbranched alkanes of at least 4 members (excludes halogenated alkanes) is 1. The van der Waals surface area contributed by atoms with Gasteiger partial charge in [-0.2, -0.15) is 0 Å². The van der Waals surface area contributed by atoms with Crippen molar-refractivity contribution in [3.8, 4) is 0 Å². The minimum absolute atomic E-state index is 0.202. The maximum absolute atomic E-state index is 11.2. The molecule has 0 aliphatic carbocycles. The smallest absolute Gasteiger partial charge is 0.149 e. The molecule has 0 aromatic rings. The average Bonchev–Trinajstić information content (AvgIpc) is 2.00. The lowest BCUT2D eigenvalue weighted by atomic mass is 10.0. The molecular weight excluding hydrogens is 138 g/mol. The lowest BCUT2D eigenvalue weighted by molar-refractivity contribution is -0.120. The molecule has 0 bridgehead atoms. The standard InChI is InChI=1S/C9H19NO/c1-3-5-7-9(11)8(10)6-4-2/h8H,3-7,10H2,1-2H3/t8-/m0/s1. The van der Waals surface area contributed by atoms with Gasteiger partial charge in [0.05, 0.1) is 6.04 Å². The molecule has 2 nitrogen and oxygen atoms in total. The van der Waals surface area contributed by atoms with Crippen LogP contribution in [0.25, 0.3) is 0 Å². The van der Waals surface area contributed by atoms with Gasteiger partial charge in [-0.3, -0.25) is 4.79 Å².